The molecule has 0 bridgehead atoms. The quantitative estimate of drug-likeness (QED) is 0.153. The summed E-state index contributed by atoms with van der Waals surface area (Å²) >= 11 is 0. The molecule has 9 aromatic carbocycles. The Labute approximate surface area is 447 Å². The van der Waals surface area contributed by atoms with Crippen molar-refractivity contribution in [3.8, 4) is 44.9 Å². The molecular formula is C73H63BN2. The molecule has 6 aliphatic rings. The first kappa shape index (κ1) is 43.8. The fourth-order valence-electron chi connectivity index (χ4n) is 17.1. The molecule has 0 radical (unpaired) electrons. The zero-order valence-corrected chi connectivity index (χ0v) is 45.7. The highest BCUT2D eigenvalue weighted by molar-refractivity contribution is 7.01. The number of aryl methyl sites for hydroxylation is 2. The van der Waals surface area contributed by atoms with Crippen LogP contribution in [0.15, 0.2) is 152 Å². The summed E-state index contributed by atoms with van der Waals surface area (Å²) in [5.41, 5.74) is 33.0. The third-order valence-electron chi connectivity index (χ3n) is 20.9. The van der Waals surface area contributed by atoms with Gasteiger partial charge in [0.2, 0.25) is 0 Å². The van der Waals surface area contributed by atoms with Gasteiger partial charge in [0.25, 0.3) is 6.71 Å². The van der Waals surface area contributed by atoms with Crippen molar-refractivity contribution in [1.29, 1.82) is 0 Å². The number of fused-ring (bicyclic) bond motifs is 17. The smallest absolute Gasteiger partial charge is 0.253 e. The third-order valence-corrected chi connectivity index (χ3v) is 20.9. The average molecular weight is 979 g/mol. The van der Waals surface area contributed by atoms with E-state index < -0.39 is 5.41 Å². The van der Waals surface area contributed by atoms with Crippen LogP contribution >= 0.6 is 0 Å². The third kappa shape index (κ3) is 4.96. The lowest BCUT2D eigenvalue weighted by atomic mass is 9.33. The van der Waals surface area contributed by atoms with Crippen molar-refractivity contribution in [3.05, 3.63) is 207 Å². The summed E-state index contributed by atoms with van der Waals surface area (Å²) in [7, 11) is 0. The van der Waals surface area contributed by atoms with Crippen LogP contribution < -0.4 is 16.4 Å². The lowest BCUT2D eigenvalue weighted by Crippen LogP contribution is -2.61. The fourth-order valence-corrected chi connectivity index (χ4v) is 17.1. The molecule has 5 heterocycles. The molecule has 3 aliphatic heterocycles. The Hall–Kier alpha value is -7.36. The second-order valence-corrected chi connectivity index (χ2v) is 26.9. The topological polar surface area (TPSA) is 9.86 Å². The molecule has 368 valence electrons. The van der Waals surface area contributed by atoms with Crippen molar-refractivity contribution in [3.63, 3.8) is 0 Å². The highest BCUT2D eigenvalue weighted by Gasteiger charge is 2.57. The summed E-state index contributed by atoms with van der Waals surface area (Å²) in [4.78, 5) is 0. The second kappa shape index (κ2) is 13.8. The van der Waals surface area contributed by atoms with Gasteiger partial charge in [-0.2, -0.15) is 0 Å². The minimum absolute atomic E-state index is 0.0180. The summed E-state index contributed by atoms with van der Waals surface area (Å²) in [6.45, 7) is 25.0. The molecule has 0 saturated heterocycles. The van der Waals surface area contributed by atoms with Crippen molar-refractivity contribution in [1.82, 2.24) is 9.13 Å². The molecule has 0 saturated carbocycles. The number of hydrogen-bond acceptors (Lipinski definition) is 0. The predicted molar refractivity (Wildman–Crippen MR) is 322 cm³/mol. The van der Waals surface area contributed by atoms with E-state index in [0.29, 0.717) is 0 Å². The van der Waals surface area contributed by atoms with Gasteiger partial charge in [0.1, 0.15) is 0 Å². The van der Waals surface area contributed by atoms with Crippen LogP contribution in [0.1, 0.15) is 137 Å². The van der Waals surface area contributed by atoms with Gasteiger partial charge in [0, 0.05) is 38.6 Å². The normalized spacial score (nSPS) is 18.4. The molecule has 0 fully saturated rings. The van der Waals surface area contributed by atoms with Gasteiger partial charge in [-0.3, -0.25) is 0 Å². The molecule has 3 aliphatic carbocycles. The van der Waals surface area contributed by atoms with Crippen LogP contribution in [0.3, 0.4) is 0 Å². The number of benzene rings is 9. The molecule has 76 heavy (non-hydrogen) atoms. The van der Waals surface area contributed by atoms with Crippen LogP contribution in [0.4, 0.5) is 0 Å². The highest BCUT2D eigenvalue weighted by atomic mass is 15.1. The van der Waals surface area contributed by atoms with E-state index in [9.17, 15) is 0 Å². The minimum Gasteiger partial charge on any atom is -0.310 e. The average Bonchev–Trinajstić information content (AvgIpc) is 3.00. The molecule has 17 rings (SSSR count). The van der Waals surface area contributed by atoms with Gasteiger partial charge in [-0.1, -0.05) is 206 Å². The Balaban J connectivity index is 1.19. The Morgan fingerprint density at radius 3 is 1.62 bits per heavy atom. The van der Waals surface area contributed by atoms with Gasteiger partial charge in [-0.15, -0.1) is 0 Å². The van der Waals surface area contributed by atoms with Crippen molar-refractivity contribution in [2.24, 2.45) is 0 Å². The standard InChI is InChI=1S/C73H63BN2/c1-40-23-27-42(28-24-40)57-48-37-44-17-11-12-18-45(44)62-65(48)75(64(57)43-29-25-41(2)26-30-43)56-32-31-51-67-63(56)74(62)55-39-53-61(72(9,10)36-34-70(53,5)6)59-58-60-52(69(3,4)33-35-71(60,7)8)38-54(66(58)76(67)68(55)59)73(51)49-21-15-13-19-46(49)47-20-14-16-22-50(47)73/h11-32,37-39H,33-36H2,1-10H3. The van der Waals surface area contributed by atoms with Crippen LogP contribution in [-0.2, 0) is 27.1 Å². The van der Waals surface area contributed by atoms with Crippen molar-refractivity contribution in [2.75, 3.05) is 0 Å². The van der Waals surface area contributed by atoms with E-state index >= 15 is 0 Å². The second-order valence-electron chi connectivity index (χ2n) is 26.9. The summed E-state index contributed by atoms with van der Waals surface area (Å²) in [6.07, 6.45) is 4.64. The number of nitrogens with zero attached hydrogens (tertiary/aromatic N) is 2. The molecule has 11 aromatic rings. The number of hydrogen-bond donors (Lipinski definition) is 0. The van der Waals surface area contributed by atoms with E-state index in [0.717, 1.165) is 25.7 Å². The van der Waals surface area contributed by atoms with Gasteiger partial charge < -0.3 is 9.13 Å². The first-order valence-corrected chi connectivity index (χ1v) is 28.4. The van der Waals surface area contributed by atoms with Gasteiger partial charge in [0.15, 0.2) is 0 Å². The summed E-state index contributed by atoms with van der Waals surface area (Å²) < 4.78 is 5.68. The minimum atomic E-state index is -0.568. The monoisotopic (exact) mass is 979 g/mol. The maximum atomic E-state index is 2.92. The molecule has 2 aromatic heterocycles. The van der Waals surface area contributed by atoms with Crippen LogP contribution in [-0.4, -0.2) is 15.8 Å². The van der Waals surface area contributed by atoms with E-state index in [1.54, 1.807) is 27.6 Å². The zero-order valence-electron chi connectivity index (χ0n) is 45.7. The molecule has 2 nitrogen and oxygen atoms in total. The lowest BCUT2D eigenvalue weighted by molar-refractivity contribution is 0.333. The molecule has 0 unspecified atom stereocenters. The number of rotatable bonds is 2. The van der Waals surface area contributed by atoms with Gasteiger partial charge in [0.05, 0.1) is 22.1 Å². The van der Waals surface area contributed by atoms with Crippen molar-refractivity contribution < 1.29 is 0 Å². The summed E-state index contributed by atoms with van der Waals surface area (Å²) in [6, 6.07) is 60.5. The highest BCUT2D eigenvalue weighted by Crippen LogP contribution is 2.65. The largest absolute Gasteiger partial charge is 0.310 e. The Kier molecular flexibility index (Phi) is 7.95. The Morgan fingerprint density at radius 2 is 0.974 bits per heavy atom. The van der Waals surface area contributed by atoms with Crippen LogP contribution in [0.2, 0.25) is 0 Å². The fraction of sp³-hybridized carbons (Fsp3) is 0.260. The van der Waals surface area contributed by atoms with Crippen LogP contribution in [0, 0.1) is 13.8 Å². The van der Waals surface area contributed by atoms with Crippen molar-refractivity contribution >= 4 is 66.6 Å². The summed E-state index contributed by atoms with van der Waals surface area (Å²) in [5.74, 6) is 0. The lowest BCUT2D eigenvalue weighted by Gasteiger charge is -2.47. The van der Waals surface area contributed by atoms with E-state index in [4.69, 9.17) is 0 Å². The molecular weight excluding hydrogens is 916 g/mol. The van der Waals surface area contributed by atoms with Crippen LogP contribution in [0.5, 0.6) is 0 Å². The first-order chi connectivity index (χ1) is 36.5. The van der Waals surface area contributed by atoms with E-state index in [2.05, 4.69) is 230 Å². The van der Waals surface area contributed by atoms with Gasteiger partial charge in [-0.05, 0) is 167 Å². The molecule has 3 heteroatoms. The molecule has 0 N–H and O–H groups in total. The van der Waals surface area contributed by atoms with Crippen LogP contribution in [0.25, 0.3) is 88.4 Å². The Bertz CT molecular complexity index is 4480. The molecule has 1 spiro atoms. The first-order valence-electron chi connectivity index (χ1n) is 28.4. The van der Waals surface area contributed by atoms with Gasteiger partial charge >= 0.3 is 0 Å². The Morgan fingerprint density at radius 1 is 0.421 bits per heavy atom. The predicted octanol–water partition coefficient (Wildman–Crippen LogP) is 16.3. The maximum absolute atomic E-state index is 2.92. The van der Waals surface area contributed by atoms with Gasteiger partial charge in [-0.25, -0.2) is 0 Å². The zero-order chi connectivity index (χ0) is 51.5. The maximum Gasteiger partial charge on any atom is 0.253 e. The van der Waals surface area contributed by atoms with Crippen molar-refractivity contribution in [2.45, 2.75) is 122 Å². The summed E-state index contributed by atoms with van der Waals surface area (Å²) in [5, 5.41) is 7.06. The molecule has 0 atom stereocenters. The molecule has 0 amide bonds. The number of aromatic nitrogens is 2. The van der Waals surface area contributed by atoms with E-state index in [-0.39, 0.29) is 28.4 Å². The SMILES string of the molecule is Cc1ccc(-c2c(-c3ccc(C)cc3)n3c4c(c5ccccc5cc24)B2c4c-3ccc3c4-n4c5c2cc2c(c5c5c6c(cc(c54)C34c3ccccc3-c3ccccc34)C(C)(C)CCC6(C)C)C(C)(C)CCC2(C)C)cc1. The van der Waals surface area contributed by atoms with E-state index in [1.807, 2.05) is 0 Å². The van der Waals surface area contributed by atoms with E-state index in [1.165, 1.54) is 133 Å².